The average Bonchev–Trinajstić information content (AvgIpc) is 2.16. The normalized spacial score (nSPS) is 22.2. The minimum absolute atomic E-state index is 0.190. The molecule has 1 aliphatic heterocycles. The van der Waals surface area contributed by atoms with Crippen molar-refractivity contribution in [3.8, 4) is 0 Å². The number of nitrogens with zero attached hydrogens (tertiary/aromatic N) is 1. The SMILES string of the molecule is CCC1=C(CC)OC(CN(C)C)CO1. The molecule has 1 rings (SSSR count). The largest absolute Gasteiger partial charge is 0.491 e. The fourth-order valence-corrected chi connectivity index (χ4v) is 1.65. The first-order chi connectivity index (χ1) is 6.67. The van der Waals surface area contributed by atoms with Gasteiger partial charge in [0.1, 0.15) is 24.2 Å². The van der Waals surface area contributed by atoms with Crippen LogP contribution >= 0.6 is 0 Å². The van der Waals surface area contributed by atoms with E-state index in [0.717, 1.165) is 30.9 Å². The summed E-state index contributed by atoms with van der Waals surface area (Å²) in [6.45, 7) is 5.80. The molecule has 0 aromatic rings. The van der Waals surface area contributed by atoms with Crippen molar-refractivity contribution >= 4 is 0 Å². The van der Waals surface area contributed by atoms with E-state index < -0.39 is 0 Å². The van der Waals surface area contributed by atoms with Gasteiger partial charge in [-0.25, -0.2) is 0 Å². The molecule has 0 saturated heterocycles. The molecule has 3 heteroatoms. The fraction of sp³-hybridized carbons (Fsp3) is 0.818. The van der Waals surface area contributed by atoms with Gasteiger partial charge in [0.15, 0.2) is 0 Å². The summed E-state index contributed by atoms with van der Waals surface area (Å²) >= 11 is 0. The van der Waals surface area contributed by atoms with E-state index in [1.54, 1.807) is 0 Å². The maximum atomic E-state index is 5.86. The van der Waals surface area contributed by atoms with E-state index in [4.69, 9.17) is 9.47 Å². The molecule has 0 saturated carbocycles. The Bertz CT molecular complexity index is 211. The lowest BCUT2D eigenvalue weighted by molar-refractivity contribution is -0.0201. The van der Waals surface area contributed by atoms with Crippen molar-refractivity contribution in [2.75, 3.05) is 27.2 Å². The quantitative estimate of drug-likeness (QED) is 0.691. The molecule has 82 valence electrons. The molecule has 1 aliphatic rings. The smallest absolute Gasteiger partial charge is 0.145 e. The van der Waals surface area contributed by atoms with Gasteiger partial charge in [-0.15, -0.1) is 0 Å². The molecule has 1 heterocycles. The summed E-state index contributed by atoms with van der Waals surface area (Å²) in [5.74, 6) is 2.06. The number of likely N-dealkylation sites (N-methyl/N-ethyl adjacent to an activating group) is 1. The van der Waals surface area contributed by atoms with Gasteiger partial charge in [0, 0.05) is 19.4 Å². The maximum Gasteiger partial charge on any atom is 0.145 e. The minimum Gasteiger partial charge on any atom is -0.491 e. The van der Waals surface area contributed by atoms with Crippen LogP contribution in [0.1, 0.15) is 26.7 Å². The highest BCUT2D eigenvalue weighted by atomic mass is 16.6. The van der Waals surface area contributed by atoms with Gasteiger partial charge in [-0.3, -0.25) is 0 Å². The van der Waals surface area contributed by atoms with Crippen LogP contribution in [0.2, 0.25) is 0 Å². The van der Waals surface area contributed by atoms with E-state index in [1.165, 1.54) is 0 Å². The molecule has 0 aromatic carbocycles. The van der Waals surface area contributed by atoms with Crippen LogP contribution in [-0.2, 0) is 9.47 Å². The topological polar surface area (TPSA) is 21.7 Å². The Hall–Kier alpha value is -0.700. The molecular formula is C11H21NO2. The van der Waals surface area contributed by atoms with E-state index >= 15 is 0 Å². The highest BCUT2D eigenvalue weighted by molar-refractivity contribution is 5.04. The summed E-state index contributed by atoms with van der Waals surface area (Å²) in [7, 11) is 4.10. The lowest BCUT2D eigenvalue weighted by Gasteiger charge is -2.30. The molecule has 1 atom stereocenters. The number of ether oxygens (including phenoxy) is 2. The van der Waals surface area contributed by atoms with Gasteiger partial charge in [-0.1, -0.05) is 13.8 Å². The molecule has 0 aliphatic carbocycles. The second-order valence-electron chi connectivity index (χ2n) is 3.87. The second kappa shape index (κ2) is 5.25. The van der Waals surface area contributed by atoms with Crippen molar-refractivity contribution in [2.45, 2.75) is 32.8 Å². The summed E-state index contributed by atoms with van der Waals surface area (Å²) < 4.78 is 11.5. The van der Waals surface area contributed by atoms with Crippen LogP contribution in [0.4, 0.5) is 0 Å². The van der Waals surface area contributed by atoms with Gasteiger partial charge < -0.3 is 14.4 Å². The summed E-state index contributed by atoms with van der Waals surface area (Å²) in [4.78, 5) is 2.12. The molecule has 0 aromatic heterocycles. The van der Waals surface area contributed by atoms with E-state index in [2.05, 4.69) is 18.7 Å². The van der Waals surface area contributed by atoms with Gasteiger partial charge in [-0.05, 0) is 14.1 Å². The molecule has 0 spiro atoms. The summed E-state index contributed by atoms with van der Waals surface area (Å²) in [6, 6.07) is 0. The molecular weight excluding hydrogens is 178 g/mol. The first-order valence-corrected chi connectivity index (χ1v) is 5.33. The van der Waals surface area contributed by atoms with Crippen molar-refractivity contribution < 1.29 is 9.47 Å². The molecule has 0 radical (unpaired) electrons. The molecule has 14 heavy (non-hydrogen) atoms. The van der Waals surface area contributed by atoms with Crippen LogP contribution in [-0.4, -0.2) is 38.3 Å². The highest BCUT2D eigenvalue weighted by Gasteiger charge is 2.21. The zero-order valence-corrected chi connectivity index (χ0v) is 9.67. The van der Waals surface area contributed by atoms with E-state index in [1.807, 2.05) is 14.1 Å². The zero-order chi connectivity index (χ0) is 10.6. The standard InChI is InChI=1S/C11H21NO2/c1-5-10-11(6-2)14-9(8-13-10)7-12(3)4/h9H,5-8H2,1-4H3. The third-order valence-electron chi connectivity index (χ3n) is 2.27. The van der Waals surface area contributed by atoms with Crippen LogP contribution in [0, 0.1) is 0 Å². The van der Waals surface area contributed by atoms with Crippen molar-refractivity contribution in [1.82, 2.24) is 4.90 Å². The van der Waals surface area contributed by atoms with E-state index in [9.17, 15) is 0 Å². The van der Waals surface area contributed by atoms with Crippen LogP contribution in [0.3, 0.4) is 0 Å². The Morgan fingerprint density at radius 2 is 1.86 bits per heavy atom. The molecule has 1 unspecified atom stereocenters. The van der Waals surface area contributed by atoms with Crippen LogP contribution in [0.5, 0.6) is 0 Å². The first-order valence-electron chi connectivity index (χ1n) is 5.33. The molecule has 0 N–H and O–H groups in total. The lowest BCUT2D eigenvalue weighted by Crippen LogP contribution is -2.34. The Kier molecular flexibility index (Phi) is 4.26. The molecule has 3 nitrogen and oxygen atoms in total. The maximum absolute atomic E-state index is 5.86. The van der Waals surface area contributed by atoms with Crippen LogP contribution in [0.15, 0.2) is 11.5 Å². The predicted molar refractivity (Wildman–Crippen MR) is 57.0 cm³/mol. The van der Waals surface area contributed by atoms with E-state index in [0.29, 0.717) is 6.61 Å². The van der Waals surface area contributed by atoms with Gasteiger partial charge in [0.05, 0.1) is 0 Å². The Balaban J connectivity index is 2.55. The summed E-state index contributed by atoms with van der Waals surface area (Å²) in [5, 5.41) is 0. The lowest BCUT2D eigenvalue weighted by atomic mass is 10.2. The summed E-state index contributed by atoms with van der Waals surface area (Å²) in [6.07, 6.45) is 2.04. The van der Waals surface area contributed by atoms with Gasteiger partial charge in [0.2, 0.25) is 0 Å². The fourth-order valence-electron chi connectivity index (χ4n) is 1.65. The number of rotatable bonds is 4. The van der Waals surface area contributed by atoms with Gasteiger partial charge in [-0.2, -0.15) is 0 Å². The van der Waals surface area contributed by atoms with Crippen molar-refractivity contribution in [2.24, 2.45) is 0 Å². The number of hydrogen-bond donors (Lipinski definition) is 0. The number of allylic oxidation sites excluding steroid dienone is 2. The highest BCUT2D eigenvalue weighted by Crippen LogP contribution is 2.22. The number of hydrogen-bond acceptors (Lipinski definition) is 3. The zero-order valence-electron chi connectivity index (χ0n) is 9.67. The molecule has 0 amide bonds. The predicted octanol–water partition coefficient (Wildman–Crippen LogP) is 2.00. The second-order valence-corrected chi connectivity index (χ2v) is 3.87. The van der Waals surface area contributed by atoms with Crippen LogP contribution < -0.4 is 0 Å². The molecule has 0 fully saturated rings. The summed E-state index contributed by atoms with van der Waals surface area (Å²) in [5.41, 5.74) is 0. The third kappa shape index (κ3) is 2.91. The van der Waals surface area contributed by atoms with E-state index in [-0.39, 0.29) is 6.10 Å². The monoisotopic (exact) mass is 199 g/mol. The Morgan fingerprint density at radius 3 is 2.36 bits per heavy atom. The van der Waals surface area contributed by atoms with Crippen molar-refractivity contribution in [3.63, 3.8) is 0 Å². The first kappa shape index (κ1) is 11.4. The third-order valence-corrected chi connectivity index (χ3v) is 2.27. The molecule has 0 bridgehead atoms. The van der Waals surface area contributed by atoms with Gasteiger partial charge >= 0.3 is 0 Å². The van der Waals surface area contributed by atoms with Crippen molar-refractivity contribution in [3.05, 3.63) is 11.5 Å². The minimum atomic E-state index is 0.190. The van der Waals surface area contributed by atoms with Crippen LogP contribution in [0.25, 0.3) is 0 Å². The average molecular weight is 199 g/mol. The Morgan fingerprint density at radius 1 is 1.21 bits per heavy atom. The van der Waals surface area contributed by atoms with Gasteiger partial charge in [0.25, 0.3) is 0 Å². The van der Waals surface area contributed by atoms with Crippen molar-refractivity contribution in [1.29, 1.82) is 0 Å². The Labute approximate surface area is 86.7 Å².